The minimum absolute atomic E-state index is 0.0571. The molecule has 1 aliphatic carbocycles. The van der Waals surface area contributed by atoms with E-state index in [4.69, 9.17) is 4.74 Å². The van der Waals surface area contributed by atoms with Gasteiger partial charge in [0.2, 0.25) is 5.91 Å². The molecule has 30 heavy (non-hydrogen) atoms. The summed E-state index contributed by atoms with van der Waals surface area (Å²) in [6, 6.07) is 14.6. The lowest BCUT2D eigenvalue weighted by molar-refractivity contribution is -0.119. The Bertz CT molecular complexity index is 1080. The smallest absolute Gasteiger partial charge is 0.230 e. The molecule has 5 rings (SSSR count). The van der Waals surface area contributed by atoms with Gasteiger partial charge in [-0.15, -0.1) is 10.2 Å². The normalized spacial score (nSPS) is 17.8. The van der Waals surface area contributed by atoms with Gasteiger partial charge in [0, 0.05) is 18.0 Å². The van der Waals surface area contributed by atoms with Crippen LogP contribution < -0.4 is 10.1 Å². The van der Waals surface area contributed by atoms with Crippen LogP contribution in [0.2, 0.25) is 0 Å². The molecule has 1 amide bonds. The number of para-hydroxylation sites is 1. The highest BCUT2D eigenvalue weighted by Gasteiger charge is 2.31. The fourth-order valence-corrected chi connectivity index (χ4v) is 4.54. The van der Waals surface area contributed by atoms with E-state index in [1.54, 1.807) is 18.2 Å². The summed E-state index contributed by atoms with van der Waals surface area (Å²) < 4.78 is 21.9. The van der Waals surface area contributed by atoms with Crippen LogP contribution in [0.1, 0.15) is 36.9 Å². The predicted octanol–water partition coefficient (Wildman–Crippen LogP) is 4.15. The molecule has 2 heterocycles. The monoisotopic (exact) mass is 424 g/mol. The highest BCUT2D eigenvalue weighted by molar-refractivity contribution is 7.99. The third-order valence-corrected chi connectivity index (χ3v) is 6.26. The average molecular weight is 425 g/mol. The van der Waals surface area contributed by atoms with Crippen LogP contribution in [0, 0.1) is 5.82 Å². The van der Waals surface area contributed by atoms with Gasteiger partial charge in [0.05, 0.1) is 24.0 Å². The van der Waals surface area contributed by atoms with Crippen LogP contribution >= 0.6 is 11.8 Å². The molecule has 2 aromatic carbocycles. The molecule has 1 aliphatic heterocycles. The van der Waals surface area contributed by atoms with Gasteiger partial charge < -0.3 is 10.1 Å². The van der Waals surface area contributed by atoms with Gasteiger partial charge in [0.25, 0.3) is 0 Å². The van der Waals surface area contributed by atoms with Crippen molar-refractivity contribution in [2.45, 2.75) is 36.5 Å². The van der Waals surface area contributed by atoms with Gasteiger partial charge in [-0.05, 0) is 31.0 Å². The second-order valence-corrected chi connectivity index (χ2v) is 8.41. The van der Waals surface area contributed by atoms with E-state index in [9.17, 15) is 9.18 Å². The molecule has 1 N–H and O–H groups in total. The first-order valence-corrected chi connectivity index (χ1v) is 11.0. The second kappa shape index (κ2) is 8.10. The van der Waals surface area contributed by atoms with Gasteiger partial charge in [-0.2, -0.15) is 0 Å². The summed E-state index contributed by atoms with van der Waals surface area (Å²) in [7, 11) is 0. The van der Waals surface area contributed by atoms with Gasteiger partial charge in [-0.25, -0.2) is 4.39 Å². The van der Waals surface area contributed by atoms with Gasteiger partial charge >= 0.3 is 0 Å². The first-order chi connectivity index (χ1) is 14.7. The van der Waals surface area contributed by atoms with Crippen LogP contribution in [0.5, 0.6) is 5.75 Å². The number of nitrogens with one attached hydrogen (secondary N) is 1. The molecule has 0 bridgehead atoms. The van der Waals surface area contributed by atoms with Crippen molar-refractivity contribution in [3.63, 3.8) is 0 Å². The number of nitrogens with zero attached hydrogens (tertiary/aromatic N) is 3. The minimum Gasteiger partial charge on any atom is -0.493 e. The summed E-state index contributed by atoms with van der Waals surface area (Å²) in [5.74, 6) is 1.18. The first-order valence-electron chi connectivity index (χ1n) is 10.0. The summed E-state index contributed by atoms with van der Waals surface area (Å²) in [5.41, 5.74) is 1.44. The number of carbonyl (C=O) groups excluding carboxylic acids is 1. The lowest BCUT2D eigenvalue weighted by atomic mass is 10.0. The highest BCUT2D eigenvalue weighted by atomic mass is 32.2. The maximum atomic E-state index is 14.3. The SMILES string of the molecule is O=C(CSc1nnc(-c2ccccc2F)n1C1CC1)N[C@@H]1CCOc2ccccc21. The number of carbonyl (C=O) groups is 1. The number of amides is 1. The number of hydrogen-bond donors (Lipinski definition) is 1. The van der Waals surface area contributed by atoms with Crippen LogP contribution in [-0.4, -0.2) is 33.0 Å². The highest BCUT2D eigenvalue weighted by Crippen LogP contribution is 2.41. The number of thioether (sulfide) groups is 1. The number of ether oxygens (including phenoxy) is 1. The lowest BCUT2D eigenvalue weighted by Gasteiger charge is -2.26. The number of aromatic nitrogens is 3. The number of rotatable bonds is 6. The van der Waals surface area contributed by atoms with E-state index in [0.29, 0.717) is 23.2 Å². The van der Waals surface area contributed by atoms with E-state index in [1.807, 2.05) is 28.8 Å². The number of hydrogen-bond acceptors (Lipinski definition) is 5. The van der Waals surface area contributed by atoms with Gasteiger partial charge in [0.15, 0.2) is 11.0 Å². The molecule has 1 fully saturated rings. The summed E-state index contributed by atoms with van der Waals surface area (Å²) in [6.45, 7) is 0.580. The Kier molecular flexibility index (Phi) is 5.16. The quantitative estimate of drug-likeness (QED) is 0.602. The molecule has 3 aromatic rings. The summed E-state index contributed by atoms with van der Waals surface area (Å²) >= 11 is 1.34. The molecular weight excluding hydrogens is 403 g/mol. The van der Waals surface area contributed by atoms with Crippen molar-refractivity contribution >= 4 is 17.7 Å². The van der Waals surface area contributed by atoms with Crippen LogP contribution in [0.3, 0.4) is 0 Å². The molecule has 8 heteroatoms. The Morgan fingerprint density at radius 3 is 2.77 bits per heavy atom. The van der Waals surface area contributed by atoms with E-state index >= 15 is 0 Å². The van der Waals surface area contributed by atoms with Crippen molar-refractivity contribution in [2.24, 2.45) is 0 Å². The minimum atomic E-state index is -0.320. The molecule has 0 radical (unpaired) electrons. The number of halogens is 1. The molecule has 0 spiro atoms. The molecule has 2 aliphatic rings. The van der Waals surface area contributed by atoms with Crippen molar-refractivity contribution in [1.29, 1.82) is 0 Å². The van der Waals surface area contributed by atoms with Gasteiger partial charge in [0.1, 0.15) is 11.6 Å². The molecule has 0 unspecified atom stereocenters. The first kappa shape index (κ1) is 19.1. The number of benzene rings is 2. The Labute approximate surface area is 177 Å². The Hall–Kier alpha value is -2.87. The zero-order valence-corrected chi connectivity index (χ0v) is 17.1. The van der Waals surface area contributed by atoms with Gasteiger partial charge in [-0.1, -0.05) is 42.1 Å². The Morgan fingerprint density at radius 1 is 1.13 bits per heavy atom. The summed E-state index contributed by atoms with van der Waals surface area (Å²) in [5, 5.41) is 12.2. The Balaban J connectivity index is 1.29. The predicted molar refractivity (Wildman–Crippen MR) is 112 cm³/mol. The largest absolute Gasteiger partial charge is 0.493 e. The van der Waals surface area contributed by atoms with E-state index in [-0.39, 0.29) is 29.6 Å². The molecule has 1 saturated carbocycles. The third-order valence-electron chi connectivity index (χ3n) is 5.32. The number of fused-ring (bicyclic) bond motifs is 1. The fourth-order valence-electron chi connectivity index (χ4n) is 3.72. The molecule has 154 valence electrons. The second-order valence-electron chi connectivity index (χ2n) is 7.47. The zero-order valence-electron chi connectivity index (χ0n) is 16.3. The standard InChI is InChI=1S/C22H21FN4O2S/c23-17-7-3-1-5-15(17)21-25-26-22(27(21)14-9-10-14)30-13-20(28)24-18-11-12-29-19-8-4-2-6-16(18)19/h1-8,14,18H,9-13H2,(H,24,28)/t18-/m1/s1. The van der Waals surface area contributed by atoms with Crippen LogP contribution in [0.4, 0.5) is 4.39 Å². The van der Waals surface area contributed by atoms with Crippen molar-refractivity contribution in [3.05, 3.63) is 59.9 Å². The van der Waals surface area contributed by atoms with E-state index in [0.717, 1.165) is 30.6 Å². The van der Waals surface area contributed by atoms with Crippen molar-refractivity contribution < 1.29 is 13.9 Å². The lowest BCUT2D eigenvalue weighted by Crippen LogP contribution is -2.33. The topological polar surface area (TPSA) is 69.0 Å². The molecule has 1 aromatic heterocycles. The van der Waals surface area contributed by atoms with E-state index in [2.05, 4.69) is 15.5 Å². The third kappa shape index (κ3) is 3.79. The van der Waals surface area contributed by atoms with Crippen molar-refractivity contribution in [1.82, 2.24) is 20.1 Å². The summed E-state index contributed by atoms with van der Waals surface area (Å²) in [6.07, 6.45) is 2.76. The van der Waals surface area contributed by atoms with Crippen LogP contribution in [-0.2, 0) is 4.79 Å². The van der Waals surface area contributed by atoms with Crippen molar-refractivity contribution in [2.75, 3.05) is 12.4 Å². The molecule has 6 nitrogen and oxygen atoms in total. The average Bonchev–Trinajstić information content (AvgIpc) is 3.52. The Morgan fingerprint density at radius 2 is 1.93 bits per heavy atom. The van der Waals surface area contributed by atoms with Gasteiger partial charge in [-0.3, -0.25) is 9.36 Å². The fraction of sp³-hybridized carbons (Fsp3) is 0.318. The maximum Gasteiger partial charge on any atom is 0.230 e. The molecule has 1 atom stereocenters. The van der Waals surface area contributed by atoms with Crippen molar-refractivity contribution in [3.8, 4) is 17.1 Å². The molecular formula is C22H21FN4O2S. The van der Waals surface area contributed by atoms with E-state index < -0.39 is 0 Å². The maximum absolute atomic E-state index is 14.3. The molecule has 0 saturated heterocycles. The zero-order chi connectivity index (χ0) is 20.5. The van der Waals surface area contributed by atoms with E-state index in [1.165, 1.54) is 17.8 Å². The summed E-state index contributed by atoms with van der Waals surface area (Å²) in [4.78, 5) is 12.6. The van der Waals surface area contributed by atoms with Crippen LogP contribution in [0.25, 0.3) is 11.4 Å². The van der Waals surface area contributed by atoms with Crippen LogP contribution in [0.15, 0.2) is 53.7 Å².